The minimum Gasteiger partial charge on any atom is -0.490 e. The molecule has 1 aliphatic rings. The van der Waals surface area contributed by atoms with Crippen LogP contribution in [0.5, 0.6) is 11.6 Å². The third kappa shape index (κ3) is 4.07. The molecule has 1 aromatic heterocycles. The molecule has 0 saturated carbocycles. The van der Waals surface area contributed by atoms with E-state index >= 15 is 0 Å². The highest BCUT2D eigenvalue weighted by molar-refractivity contribution is 5.92. The Morgan fingerprint density at radius 3 is 2.56 bits per heavy atom. The molecule has 1 aromatic carbocycles. The van der Waals surface area contributed by atoms with Crippen LogP contribution in [-0.2, 0) is 0 Å². The predicted molar refractivity (Wildman–Crippen MR) is 94.1 cm³/mol. The molecule has 1 fully saturated rings. The summed E-state index contributed by atoms with van der Waals surface area (Å²) >= 11 is 0. The second kappa shape index (κ2) is 7.51. The Morgan fingerprint density at radius 1 is 1.12 bits per heavy atom. The molecule has 6 heteroatoms. The number of carbonyl (C=O) groups excluding carboxylic acids is 1. The second-order valence-corrected chi connectivity index (χ2v) is 6.30. The van der Waals surface area contributed by atoms with E-state index in [0.717, 1.165) is 18.6 Å². The Hall–Kier alpha value is -2.63. The van der Waals surface area contributed by atoms with Crippen molar-refractivity contribution in [2.24, 2.45) is 0 Å². The lowest BCUT2D eigenvalue weighted by atomic mass is 10.1. The molecule has 132 valence electrons. The van der Waals surface area contributed by atoms with Crippen molar-refractivity contribution in [3.63, 3.8) is 0 Å². The number of carbonyl (C=O) groups is 1. The fourth-order valence-electron chi connectivity index (χ4n) is 2.89. The minimum atomic E-state index is -0.0923. The normalized spacial score (nSPS) is 15.1. The third-order valence-electron chi connectivity index (χ3n) is 4.58. The molecule has 0 bridgehead atoms. The number of ether oxygens (including phenoxy) is 2. The van der Waals surface area contributed by atoms with Crippen LogP contribution in [0.25, 0.3) is 0 Å². The summed E-state index contributed by atoms with van der Waals surface area (Å²) in [5, 5.41) is 0. The molecule has 2 heterocycles. The molecular weight excluding hydrogens is 318 g/mol. The number of aromatic nitrogens is 2. The topological polar surface area (TPSA) is 64.5 Å². The predicted octanol–water partition coefficient (Wildman–Crippen LogP) is 2.79. The number of piperidine rings is 1. The van der Waals surface area contributed by atoms with Crippen molar-refractivity contribution in [2.45, 2.75) is 32.8 Å². The average molecular weight is 341 g/mol. The van der Waals surface area contributed by atoms with Gasteiger partial charge in [-0.1, -0.05) is 6.07 Å². The van der Waals surface area contributed by atoms with Crippen LogP contribution in [0, 0.1) is 13.8 Å². The van der Waals surface area contributed by atoms with Gasteiger partial charge in [-0.15, -0.1) is 0 Å². The van der Waals surface area contributed by atoms with E-state index in [1.165, 1.54) is 24.6 Å². The lowest BCUT2D eigenvalue weighted by Crippen LogP contribution is -2.42. The van der Waals surface area contributed by atoms with E-state index in [0.29, 0.717) is 24.7 Å². The van der Waals surface area contributed by atoms with Crippen molar-refractivity contribution in [1.29, 1.82) is 0 Å². The smallest absolute Gasteiger partial charge is 0.272 e. The van der Waals surface area contributed by atoms with Crippen molar-refractivity contribution in [2.75, 3.05) is 20.2 Å². The lowest BCUT2D eigenvalue weighted by Gasteiger charge is -2.32. The number of rotatable bonds is 4. The molecule has 2 aromatic rings. The lowest BCUT2D eigenvalue weighted by molar-refractivity contribution is 0.0589. The van der Waals surface area contributed by atoms with Gasteiger partial charge in [0.1, 0.15) is 23.9 Å². The van der Waals surface area contributed by atoms with E-state index < -0.39 is 0 Å². The molecule has 0 N–H and O–H groups in total. The quantitative estimate of drug-likeness (QED) is 0.855. The highest BCUT2D eigenvalue weighted by Gasteiger charge is 2.25. The van der Waals surface area contributed by atoms with Gasteiger partial charge in [0.05, 0.1) is 7.11 Å². The van der Waals surface area contributed by atoms with Gasteiger partial charge in [0, 0.05) is 32.0 Å². The van der Waals surface area contributed by atoms with Gasteiger partial charge < -0.3 is 14.4 Å². The van der Waals surface area contributed by atoms with Crippen LogP contribution in [0.15, 0.2) is 30.6 Å². The van der Waals surface area contributed by atoms with E-state index in [4.69, 9.17) is 9.47 Å². The molecule has 1 saturated heterocycles. The minimum absolute atomic E-state index is 0.0923. The van der Waals surface area contributed by atoms with Gasteiger partial charge in [-0.25, -0.2) is 9.97 Å². The Labute approximate surface area is 147 Å². The van der Waals surface area contributed by atoms with Crippen LogP contribution in [0.3, 0.4) is 0 Å². The first-order valence-corrected chi connectivity index (χ1v) is 8.46. The van der Waals surface area contributed by atoms with Gasteiger partial charge in [-0.05, 0) is 37.1 Å². The molecule has 0 unspecified atom stereocenters. The first kappa shape index (κ1) is 17.2. The van der Waals surface area contributed by atoms with E-state index in [9.17, 15) is 4.79 Å². The molecule has 3 rings (SSSR count). The highest BCUT2D eigenvalue weighted by atomic mass is 16.5. The monoisotopic (exact) mass is 341 g/mol. The van der Waals surface area contributed by atoms with Crippen LogP contribution in [-0.4, -0.2) is 47.1 Å². The summed E-state index contributed by atoms with van der Waals surface area (Å²) in [6, 6.07) is 7.72. The zero-order chi connectivity index (χ0) is 17.8. The second-order valence-electron chi connectivity index (χ2n) is 6.30. The molecule has 25 heavy (non-hydrogen) atoms. The van der Waals surface area contributed by atoms with Crippen molar-refractivity contribution in [1.82, 2.24) is 14.9 Å². The molecule has 6 nitrogen and oxygen atoms in total. The first-order valence-electron chi connectivity index (χ1n) is 8.46. The maximum atomic E-state index is 12.6. The van der Waals surface area contributed by atoms with Gasteiger partial charge in [-0.2, -0.15) is 0 Å². The fourth-order valence-corrected chi connectivity index (χ4v) is 2.89. The van der Waals surface area contributed by atoms with Crippen molar-refractivity contribution < 1.29 is 14.3 Å². The summed E-state index contributed by atoms with van der Waals surface area (Å²) in [7, 11) is 1.52. The van der Waals surface area contributed by atoms with Crippen LogP contribution in [0.2, 0.25) is 0 Å². The zero-order valence-electron chi connectivity index (χ0n) is 14.9. The van der Waals surface area contributed by atoms with Gasteiger partial charge in [0.15, 0.2) is 0 Å². The Kier molecular flexibility index (Phi) is 5.16. The number of benzene rings is 1. The van der Waals surface area contributed by atoms with E-state index in [1.54, 1.807) is 6.07 Å². The maximum Gasteiger partial charge on any atom is 0.272 e. The van der Waals surface area contributed by atoms with Crippen LogP contribution in [0.1, 0.15) is 34.5 Å². The van der Waals surface area contributed by atoms with E-state index in [1.807, 2.05) is 11.0 Å². The standard InChI is InChI=1S/C19H23N3O3/c1-13-4-5-16(10-14(13)2)25-15-6-8-22(9-7-15)19(23)17-11-18(24-3)21-12-20-17/h4-5,10-12,15H,6-9H2,1-3H3. The van der Waals surface area contributed by atoms with Crippen LogP contribution >= 0.6 is 0 Å². The number of methoxy groups -OCH3 is 1. The maximum absolute atomic E-state index is 12.6. The third-order valence-corrected chi connectivity index (χ3v) is 4.58. The summed E-state index contributed by atoms with van der Waals surface area (Å²) in [6.45, 7) is 5.48. The SMILES string of the molecule is COc1cc(C(=O)N2CCC(Oc3ccc(C)c(C)c3)CC2)ncn1. The van der Waals surface area contributed by atoms with E-state index in [2.05, 4.69) is 35.9 Å². The van der Waals surface area contributed by atoms with E-state index in [-0.39, 0.29) is 12.0 Å². The zero-order valence-corrected chi connectivity index (χ0v) is 14.9. The molecule has 0 atom stereocenters. The Morgan fingerprint density at radius 2 is 1.88 bits per heavy atom. The molecule has 0 aliphatic carbocycles. The van der Waals surface area contributed by atoms with Gasteiger partial charge >= 0.3 is 0 Å². The number of amides is 1. The number of nitrogens with zero attached hydrogens (tertiary/aromatic N) is 3. The molecular formula is C19H23N3O3. The van der Waals surface area contributed by atoms with Crippen molar-refractivity contribution >= 4 is 5.91 Å². The molecule has 0 spiro atoms. The molecule has 1 amide bonds. The first-order chi connectivity index (χ1) is 12.1. The van der Waals surface area contributed by atoms with Gasteiger partial charge in [-0.3, -0.25) is 4.79 Å². The number of likely N-dealkylation sites (tertiary alicyclic amines) is 1. The van der Waals surface area contributed by atoms with Crippen LogP contribution < -0.4 is 9.47 Å². The van der Waals surface area contributed by atoms with Gasteiger partial charge in [0.2, 0.25) is 5.88 Å². The summed E-state index contributed by atoms with van der Waals surface area (Å²) in [5.41, 5.74) is 2.84. The van der Waals surface area contributed by atoms with Gasteiger partial charge in [0.25, 0.3) is 5.91 Å². The average Bonchev–Trinajstić information content (AvgIpc) is 2.65. The highest BCUT2D eigenvalue weighted by Crippen LogP contribution is 2.22. The number of hydrogen-bond acceptors (Lipinski definition) is 5. The summed E-state index contributed by atoms with van der Waals surface area (Å²) in [6.07, 6.45) is 3.09. The largest absolute Gasteiger partial charge is 0.490 e. The van der Waals surface area contributed by atoms with Crippen LogP contribution in [0.4, 0.5) is 0 Å². The van der Waals surface area contributed by atoms with Crippen molar-refractivity contribution in [3.05, 3.63) is 47.4 Å². The Bertz CT molecular complexity index is 755. The number of hydrogen-bond donors (Lipinski definition) is 0. The molecule has 1 aliphatic heterocycles. The summed E-state index contributed by atoms with van der Waals surface area (Å²) in [5.74, 6) is 1.20. The summed E-state index contributed by atoms with van der Waals surface area (Å²) in [4.78, 5) is 22.3. The fraction of sp³-hybridized carbons (Fsp3) is 0.421. The van der Waals surface area contributed by atoms with Crippen molar-refractivity contribution in [3.8, 4) is 11.6 Å². The number of aryl methyl sites for hydroxylation is 2. The molecule has 0 radical (unpaired) electrons. The summed E-state index contributed by atoms with van der Waals surface area (Å²) < 4.78 is 11.1. The Balaban J connectivity index is 1.57.